The molecule has 6 heteroatoms. The molecular weight excluding hydrogens is 946 g/mol. The molecule has 0 radical (unpaired) electrons. The van der Waals surface area contributed by atoms with E-state index in [1.807, 2.05) is 0 Å². The highest BCUT2D eigenvalue weighted by molar-refractivity contribution is 7.02. The Hall–Kier alpha value is -7.69. The molecule has 384 valence electrons. The highest BCUT2D eigenvalue weighted by Gasteiger charge is 2.51. The molecule has 1 aromatic heterocycles. The van der Waals surface area contributed by atoms with Crippen LogP contribution < -0.4 is 47.2 Å². The fraction of sp³-hybridized carbons (Fsp3) is 0.250. The summed E-state index contributed by atoms with van der Waals surface area (Å²) in [5.74, 6) is 5.89. The van der Waals surface area contributed by atoms with Crippen LogP contribution in [0.5, 0.6) is 23.0 Å². The number of hydrogen-bond donors (Lipinski definition) is 0. The van der Waals surface area contributed by atoms with Gasteiger partial charge in [0.1, 0.15) is 23.0 Å². The fourth-order valence-corrected chi connectivity index (χ4v) is 13.4. The van der Waals surface area contributed by atoms with E-state index in [-0.39, 0.29) is 13.4 Å². The van der Waals surface area contributed by atoms with Gasteiger partial charge in [0.2, 0.25) is 0 Å². The molecule has 4 aliphatic heterocycles. The molecule has 0 bridgehead atoms. The highest BCUT2D eigenvalue weighted by Crippen LogP contribution is 2.52. The Morgan fingerprint density at radius 1 is 0.346 bits per heavy atom. The second-order valence-electron chi connectivity index (χ2n) is 24.8. The first kappa shape index (κ1) is 48.7. The number of hydrogen-bond acceptors (Lipinski definition) is 3. The van der Waals surface area contributed by atoms with Crippen LogP contribution in [0.1, 0.15) is 152 Å². The van der Waals surface area contributed by atoms with Crippen LogP contribution in [-0.2, 0) is 0 Å². The van der Waals surface area contributed by atoms with Crippen molar-refractivity contribution in [3.63, 3.8) is 0 Å². The van der Waals surface area contributed by atoms with Crippen LogP contribution in [0, 0.1) is 0 Å². The number of rotatable bonds is 9. The quantitative estimate of drug-likeness (QED) is 0.135. The normalized spacial score (nSPS) is 13.7. The zero-order valence-electron chi connectivity index (χ0n) is 47.3. The molecule has 0 spiro atoms. The zero-order valence-corrected chi connectivity index (χ0v) is 47.3. The van der Waals surface area contributed by atoms with E-state index >= 15 is 0 Å². The van der Waals surface area contributed by atoms with Gasteiger partial charge in [-0.05, 0) is 162 Å². The van der Waals surface area contributed by atoms with Gasteiger partial charge in [0.05, 0.1) is 16.9 Å². The second-order valence-corrected chi connectivity index (χ2v) is 24.8. The maximum absolute atomic E-state index is 7.86. The van der Waals surface area contributed by atoms with E-state index in [1.165, 1.54) is 99.3 Å². The van der Waals surface area contributed by atoms with E-state index in [0.717, 1.165) is 56.7 Å². The van der Waals surface area contributed by atoms with Crippen LogP contribution in [0.4, 0.5) is 17.1 Å². The molecule has 0 N–H and O–H groups in total. The predicted octanol–water partition coefficient (Wildman–Crippen LogP) is 16.2. The fourth-order valence-electron chi connectivity index (χ4n) is 13.4. The molecule has 5 heterocycles. The molecule has 78 heavy (non-hydrogen) atoms. The maximum atomic E-state index is 7.86. The summed E-state index contributed by atoms with van der Waals surface area (Å²) in [6.07, 6.45) is 0. The average molecular weight is 1010 g/mol. The molecule has 10 aromatic rings. The van der Waals surface area contributed by atoms with Crippen molar-refractivity contribution < 1.29 is 9.47 Å². The van der Waals surface area contributed by atoms with E-state index in [4.69, 9.17) is 9.47 Å². The van der Waals surface area contributed by atoms with Crippen molar-refractivity contribution in [3.8, 4) is 50.9 Å². The lowest BCUT2D eigenvalue weighted by molar-refractivity contribution is 0.475. The molecule has 0 aliphatic carbocycles. The maximum Gasteiger partial charge on any atom is 0.256 e. The molecule has 0 fully saturated rings. The molecule has 9 aromatic carbocycles. The van der Waals surface area contributed by atoms with Crippen LogP contribution in [0.15, 0.2) is 158 Å². The lowest BCUT2D eigenvalue weighted by Crippen LogP contribution is -2.63. The van der Waals surface area contributed by atoms with Crippen molar-refractivity contribution in [2.75, 3.05) is 4.90 Å². The van der Waals surface area contributed by atoms with Gasteiger partial charge in [-0.15, -0.1) is 0 Å². The van der Waals surface area contributed by atoms with Gasteiger partial charge >= 0.3 is 0 Å². The Balaban J connectivity index is 1.14. The minimum absolute atomic E-state index is 0.174. The lowest BCUT2D eigenvalue weighted by atomic mass is 9.31. The summed E-state index contributed by atoms with van der Waals surface area (Å²) in [6.45, 7) is 27.2. The lowest BCUT2D eigenvalue weighted by Gasteiger charge is -2.45. The smallest absolute Gasteiger partial charge is 0.256 e. The van der Waals surface area contributed by atoms with Gasteiger partial charge in [0, 0.05) is 38.6 Å². The summed E-state index contributed by atoms with van der Waals surface area (Å²) < 4.78 is 18.3. The number of benzene rings is 9. The Morgan fingerprint density at radius 2 is 0.769 bits per heavy atom. The van der Waals surface area contributed by atoms with Crippen LogP contribution in [-0.4, -0.2) is 18.0 Å². The van der Waals surface area contributed by atoms with Gasteiger partial charge < -0.3 is 18.9 Å². The Morgan fingerprint density at radius 3 is 1.31 bits per heavy atom. The van der Waals surface area contributed by atoms with Crippen molar-refractivity contribution in [1.29, 1.82) is 0 Å². The van der Waals surface area contributed by atoms with Gasteiger partial charge in [-0.1, -0.05) is 192 Å². The van der Waals surface area contributed by atoms with E-state index in [0.29, 0.717) is 35.5 Å². The van der Waals surface area contributed by atoms with Crippen LogP contribution >= 0.6 is 0 Å². The SMILES string of the molecule is CC(C)c1ccc(-c2ccc3c(c2)B2c4cc(C(C)C)ccc4N(c4ccc(C(C)C)cc4)c4c5c6c(c(c42)O3)-n2c3ccc(C(C)C)cc3c3cc(C(C)C)cc(c32)B6c2cc(-c3ccc(C(C)C)cc3)ccc2O5)cc1. The van der Waals surface area contributed by atoms with Crippen molar-refractivity contribution >= 4 is 85.1 Å². The largest absolute Gasteiger partial charge is 0.456 e. The average Bonchev–Trinajstić information content (AvgIpc) is 2.31. The molecule has 14 rings (SSSR count). The molecule has 0 saturated heterocycles. The zero-order chi connectivity index (χ0) is 53.7. The standard InChI is InChI=1S/C72H68B2N2O2/c1-39(2)45-13-17-48(18-14-45)52-25-31-64-59(36-52)73-58-35-51(43(9)10)24-30-63(58)75(55-27-21-47(22-28-55)41(5)6)69-66(73)72(78-64)70-67-71(69)77-65-32-26-53(49-19-15-46(16-20-49)40(3)4)37-60(65)74(67)61-38-54(44(11)12)34-57-56-33-50(42(7)8)23-29-62(56)76(70)68(57)61/h13-44H,1-12H3. The predicted molar refractivity (Wildman–Crippen MR) is 333 cm³/mol. The molecule has 4 nitrogen and oxygen atoms in total. The van der Waals surface area contributed by atoms with Gasteiger partial charge in [-0.3, -0.25) is 0 Å². The summed E-state index contributed by atoms with van der Waals surface area (Å²) in [4.78, 5) is 2.53. The summed E-state index contributed by atoms with van der Waals surface area (Å²) >= 11 is 0. The Bertz CT molecular complexity index is 4100. The van der Waals surface area contributed by atoms with Crippen LogP contribution in [0.2, 0.25) is 0 Å². The molecule has 0 atom stereocenters. The molecular formula is C72H68B2N2O2. The highest BCUT2D eigenvalue weighted by atomic mass is 16.5. The van der Waals surface area contributed by atoms with Crippen molar-refractivity contribution in [2.45, 2.75) is 119 Å². The Labute approximate surface area is 462 Å². The van der Waals surface area contributed by atoms with E-state index in [2.05, 4.69) is 250 Å². The number of aromatic nitrogens is 1. The van der Waals surface area contributed by atoms with Crippen molar-refractivity contribution in [3.05, 3.63) is 191 Å². The third kappa shape index (κ3) is 7.27. The van der Waals surface area contributed by atoms with E-state index in [9.17, 15) is 0 Å². The third-order valence-electron chi connectivity index (χ3n) is 18.0. The minimum Gasteiger partial charge on any atom is -0.456 e. The number of anilines is 3. The van der Waals surface area contributed by atoms with E-state index in [1.54, 1.807) is 0 Å². The summed E-state index contributed by atoms with van der Waals surface area (Å²) in [6, 6.07) is 61.0. The molecule has 0 unspecified atom stereocenters. The molecule has 4 aliphatic rings. The molecule has 0 saturated carbocycles. The minimum atomic E-state index is -0.177. The van der Waals surface area contributed by atoms with Gasteiger partial charge in [0.15, 0.2) is 0 Å². The number of ether oxygens (including phenoxy) is 2. The first-order valence-corrected chi connectivity index (χ1v) is 28.9. The van der Waals surface area contributed by atoms with Crippen LogP contribution in [0.3, 0.4) is 0 Å². The van der Waals surface area contributed by atoms with Crippen LogP contribution in [0.25, 0.3) is 49.7 Å². The topological polar surface area (TPSA) is 26.6 Å². The van der Waals surface area contributed by atoms with Gasteiger partial charge in [-0.2, -0.15) is 0 Å². The van der Waals surface area contributed by atoms with Gasteiger partial charge in [-0.25, -0.2) is 0 Å². The monoisotopic (exact) mass is 1010 g/mol. The first-order valence-electron chi connectivity index (χ1n) is 28.9. The first-order chi connectivity index (χ1) is 37.6. The summed E-state index contributed by atoms with van der Waals surface area (Å²) in [5.41, 5.74) is 26.8. The number of fused-ring (bicyclic) bond motifs is 13. The number of nitrogens with zero attached hydrogens (tertiary/aromatic N) is 2. The Kier molecular flexibility index (Phi) is 11.2. The second kappa shape index (κ2) is 17.9. The van der Waals surface area contributed by atoms with Crippen molar-refractivity contribution in [2.24, 2.45) is 0 Å². The molecule has 0 amide bonds. The summed E-state index contributed by atoms with van der Waals surface area (Å²) in [7, 11) is 0. The summed E-state index contributed by atoms with van der Waals surface area (Å²) in [5, 5.41) is 2.57. The van der Waals surface area contributed by atoms with Gasteiger partial charge in [0.25, 0.3) is 13.4 Å². The van der Waals surface area contributed by atoms with E-state index < -0.39 is 0 Å². The van der Waals surface area contributed by atoms with Crippen molar-refractivity contribution in [1.82, 2.24) is 4.57 Å². The third-order valence-corrected chi connectivity index (χ3v) is 18.0.